The highest BCUT2D eigenvalue weighted by molar-refractivity contribution is 6.65. The van der Waals surface area contributed by atoms with E-state index < -0.39 is 30.1 Å². The lowest BCUT2D eigenvalue weighted by Gasteiger charge is -2.32. The first-order valence-electron chi connectivity index (χ1n) is 9.56. The largest absolute Gasteiger partial charge is 0.496 e. The van der Waals surface area contributed by atoms with Gasteiger partial charge in [-0.15, -0.1) is 0 Å². The van der Waals surface area contributed by atoms with Crippen molar-refractivity contribution >= 4 is 23.5 Å². The molecule has 9 heteroatoms. The number of benzene rings is 1. The fourth-order valence-corrected chi connectivity index (χ4v) is 3.75. The number of nitrogens with zero attached hydrogens (tertiary/aromatic N) is 2. The van der Waals surface area contributed by atoms with Crippen molar-refractivity contribution < 1.29 is 27.2 Å². The van der Waals surface area contributed by atoms with E-state index in [2.05, 4.69) is 5.10 Å². The fraction of sp³-hybridized carbons (Fsp3) is 0.632. The first kappa shape index (κ1) is 19.7. The standard InChI is InChI=1S/C19H24BF3N2O3/c1-17(2)18(3,4)28-20(27-17)16-12-11-24-25(15-7-5-6-10-26-15)14(12)9-8-13(16)19(21,22)23/h8-9,11,15H,5-7,10H2,1-4H3. The number of fused-ring (bicyclic) bond motifs is 1. The predicted octanol–water partition coefficient (Wildman–Crippen LogP) is 4.05. The molecule has 1 aromatic carbocycles. The zero-order valence-electron chi connectivity index (χ0n) is 16.5. The Balaban J connectivity index is 1.86. The molecule has 1 unspecified atom stereocenters. The Morgan fingerprint density at radius 2 is 1.79 bits per heavy atom. The Hall–Kier alpha value is -1.58. The van der Waals surface area contributed by atoms with Crippen LogP contribution in [-0.4, -0.2) is 34.7 Å². The molecular formula is C19H24BF3N2O3. The van der Waals surface area contributed by atoms with Gasteiger partial charge in [0, 0.05) is 17.5 Å². The van der Waals surface area contributed by atoms with Gasteiger partial charge in [0.05, 0.1) is 28.5 Å². The van der Waals surface area contributed by atoms with Crippen LogP contribution >= 0.6 is 0 Å². The molecule has 1 aromatic heterocycles. The lowest BCUT2D eigenvalue weighted by Crippen LogP contribution is -2.41. The molecule has 2 aliphatic rings. The molecule has 0 saturated carbocycles. The Morgan fingerprint density at radius 3 is 2.36 bits per heavy atom. The molecule has 0 bridgehead atoms. The third-order valence-corrected chi connectivity index (χ3v) is 6.05. The van der Waals surface area contributed by atoms with Gasteiger partial charge in [0.2, 0.25) is 0 Å². The molecule has 5 nitrogen and oxygen atoms in total. The second-order valence-electron chi connectivity index (χ2n) is 8.46. The van der Waals surface area contributed by atoms with Crippen LogP contribution < -0.4 is 5.46 Å². The Kier molecular flexibility index (Phi) is 4.56. The molecule has 0 N–H and O–H groups in total. The minimum atomic E-state index is -4.53. The number of ether oxygens (including phenoxy) is 1. The minimum Gasteiger partial charge on any atom is -0.399 e. The number of rotatable bonds is 2. The molecule has 0 aliphatic carbocycles. The molecule has 152 valence electrons. The maximum atomic E-state index is 13.8. The summed E-state index contributed by atoms with van der Waals surface area (Å²) in [5, 5.41) is 4.74. The van der Waals surface area contributed by atoms with Gasteiger partial charge in [0.1, 0.15) is 0 Å². The second kappa shape index (κ2) is 6.47. The van der Waals surface area contributed by atoms with Crippen LogP contribution in [0.5, 0.6) is 0 Å². The second-order valence-corrected chi connectivity index (χ2v) is 8.46. The van der Waals surface area contributed by atoms with Crippen LogP contribution in [0.15, 0.2) is 18.3 Å². The molecule has 28 heavy (non-hydrogen) atoms. The van der Waals surface area contributed by atoms with E-state index in [0.717, 1.165) is 25.3 Å². The minimum absolute atomic E-state index is 0.0225. The third-order valence-electron chi connectivity index (χ3n) is 6.05. The maximum Gasteiger partial charge on any atom is 0.496 e. The van der Waals surface area contributed by atoms with Gasteiger partial charge >= 0.3 is 13.3 Å². The Labute approximate surface area is 162 Å². The topological polar surface area (TPSA) is 45.5 Å². The molecule has 2 saturated heterocycles. The predicted molar refractivity (Wildman–Crippen MR) is 99.3 cm³/mol. The quantitative estimate of drug-likeness (QED) is 0.719. The van der Waals surface area contributed by atoms with Gasteiger partial charge in [-0.25, -0.2) is 4.68 Å². The van der Waals surface area contributed by atoms with Crippen LogP contribution in [0, 0.1) is 0 Å². The van der Waals surface area contributed by atoms with Crippen molar-refractivity contribution in [1.82, 2.24) is 9.78 Å². The first-order chi connectivity index (χ1) is 13.0. The van der Waals surface area contributed by atoms with E-state index in [-0.39, 0.29) is 11.7 Å². The van der Waals surface area contributed by atoms with Crippen molar-refractivity contribution in [2.75, 3.05) is 6.61 Å². The van der Waals surface area contributed by atoms with Crippen molar-refractivity contribution in [1.29, 1.82) is 0 Å². The molecule has 2 aromatic rings. The van der Waals surface area contributed by atoms with Crippen molar-refractivity contribution in [2.24, 2.45) is 0 Å². The summed E-state index contributed by atoms with van der Waals surface area (Å²) in [6.07, 6.45) is -0.582. The van der Waals surface area contributed by atoms with E-state index in [4.69, 9.17) is 14.0 Å². The summed E-state index contributed by atoms with van der Waals surface area (Å²) in [4.78, 5) is 0. The number of halogens is 3. The Morgan fingerprint density at radius 1 is 1.11 bits per heavy atom. The highest BCUT2D eigenvalue weighted by Crippen LogP contribution is 2.39. The summed E-state index contributed by atoms with van der Waals surface area (Å²) >= 11 is 0. The van der Waals surface area contributed by atoms with Crippen LogP contribution in [0.3, 0.4) is 0 Å². The molecule has 2 aliphatic heterocycles. The molecule has 1 atom stereocenters. The highest BCUT2D eigenvalue weighted by Gasteiger charge is 2.54. The summed E-state index contributed by atoms with van der Waals surface area (Å²) in [5.74, 6) is 0. The van der Waals surface area contributed by atoms with Crippen molar-refractivity contribution in [3.8, 4) is 0 Å². The molecular weight excluding hydrogens is 372 g/mol. The van der Waals surface area contributed by atoms with Crippen LogP contribution in [0.4, 0.5) is 13.2 Å². The van der Waals surface area contributed by atoms with Gasteiger partial charge in [-0.2, -0.15) is 18.3 Å². The lowest BCUT2D eigenvalue weighted by molar-refractivity contribution is -0.136. The van der Waals surface area contributed by atoms with E-state index in [1.165, 1.54) is 12.3 Å². The van der Waals surface area contributed by atoms with Gasteiger partial charge in [-0.3, -0.25) is 0 Å². The molecule has 3 heterocycles. The van der Waals surface area contributed by atoms with Crippen LogP contribution in [0.2, 0.25) is 0 Å². The zero-order chi connectivity index (χ0) is 20.3. The highest BCUT2D eigenvalue weighted by atomic mass is 19.4. The zero-order valence-corrected chi connectivity index (χ0v) is 16.5. The SMILES string of the molecule is CC1(C)OB(c2c(C(F)(F)F)ccc3c2cnn3C2CCCCO2)OC1(C)C. The molecule has 0 radical (unpaired) electrons. The third kappa shape index (κ3) is 3.13. The van der Waals surface area contributed by atoms with Gasteiger partial charge in [-0.1, -0.05) is 0 Å². The number of hydrogen-bond acceptors (Lipinski definition) is 4. The number of aromatic nitrogens is 2. The summed E-state index contributed by atoms with van der Waals surface area (Å²) in [6.45, 7) is 7.90. The van der Waals surface area contributed by atoms with Crippen LogP contribution in [0.1, 0.15) is 58.7 Å². The van der Waals surface area contributed by atoms with E-state index >= 15 is 0 Å². The van der Waals surface area contributed by atoms with Crippen LogP contribution in [0.25, 0.3) is 10.9 Å². The lowest BCUT2D eigenvalue weighted by atomic mass is 9.73. The maximum absolute atomic E-state index is 13.8. The van der Waals surface area contributed by atoms with Crippen molar-refractivity contribution in [3.63, 3.8) is 0 Å². The van der Waals surface area contributed by atoms with Gasteiger partial charge in [-0.05, 0) is 59.1 Å². The molecule has 0 spiro atoms. The van der Waals surface area contributed by atoms with Crippen LogP contribution in [-0.2, 0) is 20.2 Å². The first-order valence-corrected chi connectivity index (χ1v) is 9.56. The Bertz CT molecular complexity index is 872. The summed E-state index contributed by atoms with van der Waals surface area (Å²) in [6, 6.07) is 2.54. The van der Waals surface area contributed by atoms with E-state index in [0.29, 0.717) is 17.5 Å². The fourth-order valence-electron chi connectivity index (χ4n) is 3.75. The summed E-state index contributed by atoms with van der Waals surface area (Å²) in [5.41, 5.74) is -1.69. The molecule has 0 amide bonds. The van der Waals surface area contributed by atoms with E-state index in [1.807, 2.05) is 27.7 Å². The summed E-state index contributed by atoms with van der Waals surface area (Å²) in [7, 11) is -1.13. The molecule has 2 fully saturated rings. The van der Waals surface area contributed by atoms with Gasteiger partial charge < -0.3 is 14.0 Å². The normalized spacial score (nSPS) is 24.8. The van der Waals surface area contributed by atoms with E-state index in [9.17, 15) is 13.2 Å². The number of hydrogen-bond donors (Lipinski definition) is 0. The average molecular weight is 396 g/mol. The van der Waals surface area contributed by atoms with Crippen molar-refractivity contribution in [3.05, 3.63) is 23.9 Å². The smallest absolute Gasteiger partial charge is 0.399 e. The average Bonchev–Trinajstić information content (AvgIpc) is 3.12. The summed E-state index contributed by atoms with van der Waals surface area (Å²) < 4.78 is 60.8. The van der Waals surface area contributed by atoms with E-state index in [1.54, 1.807) is 4.68 Å². The monoisotopic (exact) mass is 396 g/mol. The van der Waals surface area contributed by atoms with Crippen molar-refractivity contribution in [2.45, 2.75) is 70.6 Å². The van der Waals surface area contributed by atoms with Gasteiger partial charge in [0.15, 0.2) is 6.23 Å². The van der Waals surface area contributed by atoms with Gasteiger partial charge in [0.25, 0.3) is 0 Å². The molecule has 4 rings (SSSR count). The number of alkyl halides is 3.